The molecular formula is C11H22OP+. The van der Waals surface area contributed by atoms with Crippen molar-refractivity contribution in [2.24, 2.45) is 0 Å². The van der Waals surface area contributed by atoms with Gasteiger partial charge < -0.3 is 0 Å². The van der Waals surface area contributed by atoms with Gasteiger partial charge in [0.05, 0.1) is 0 Å². The van der Waals surface area contributed by atoms with Crippen LogP contribution in [-0.2, 0) is 4.57 Å². The molecule has 1 fully saturated rings. The third kappa shape index (κ3) is 4.22. The monoisotopic (exact) mass is 201 g/mol. The third-order valence-corrected chi connectivity index (χ3v) is 5.05. The van der Waals surface area contributed by atoms with Crippen LogP contribution in [0.1, 0.15) is 58.3 Å². The first-order valence-electron chi connectivity index (χ1n) is 5.78. The summed E-state index contributed by atoms with van der Waals surface area (Å²) in [5.74, 6) is 0. The van der Waals surface area contributed by atoms with Gasteiger partial charge in [0.15, 0.2) is 5.66 Å². The minimum absolute atomic E-state index is 0.584. The fraction of sp³-hybridized carbons (Fsp3) is 1.00. The van der Waals surface area contributed by atoms with E-state index in [1.807, 2.05) is 0 Å². The Bertz CT molecular complexity index is 150. The molecule has 0 spiro atoms. The highest BCUT2D eigenvalue weighted by Crippen LogP contribution is 2.38. The van der Waals surface area contributed by atoms with Gasteiger partial charge in [-0.2, -0.15) is 0 Å². The second kappa shape index (κ2) is 6.54. The molecule has 1 unspecified atom stereocenters. The first-order valence-corrected chi connectivity index (χ1v) is 7.29. The molecule has 0 radical (unpaired) electrons. The molecule has 0 aromatic rings. The highest BCUT2D eigenvalue weighted by atomic mass is 31.1. The Morgan fingerprint density at radius 2 is 1.85 bits per heavy atom. The molecule has 2 heteroatoms. The summed E-state index contributed by atoms with van der Waals surface area (Å²) in [4.78, 5) is 0. The van der Waals surface area contributed by atoms with Gasteiger partial charge >= 0.3 is 7.80 Å². The highest BCUT2D eigenvalue weighted by Gasteiger charge is 2.30. The molecule has 1 atom stereocenters. The molecule has 0 aromatic carbocycles. The number of hydrogen-bond donors (Lipinski definition) is 0. The van der Waals surface area contributed by atoms with Gasteiger partial charge in [0.25, 0.3) is 0 Å². The van der Waals surface area contributed by atoms with Gasteiger partial charge in [0.2, 0.25) is 0 Å². The molecular weight excluding hydrogens is 179 g/mol. The summed E-state index contributed by atoms with van der Waals surface area (Å²) in [7, 11) is -0.860. The lowest BCUT2D eigenvalue weighted by molar-refractivity contribution is 0.490. The maximum atomic E-state index is 11.8. The number of rotatable bonds is 5. The topological polar surface area (TPSA) is 17.1 Å². The Morgan fingerprint density at radius 1 is 1.15 bits per heavy atom. The first kappa shape index (κ1) is 11.2. The molecule has 0 saturated heterocycles. The summed E-state index contributed by atoms with van der Waals surface area (Å²) >= 11 is 0. The van der Waals surface area contributed by atoms with Crippen LogP contribution in [0.2, 0.25) is 0 Å². The predicted molar refractivity (Wildman–Crippen MR) is 58.9 cm³/mol. The number of unbranched alkanes of at least 4 members (excludes halogenated alkanes) is 2. The SMILES string of the molecule is CCCCC[P+](=O)C1CCCCC1. The van der Waals surface area contributed by atoms with Crippen LogP contribution < -0.4 is 0 Å². The van der Waals surface area contributed by atoms with Gasteiger partial charge in [-0.15, -0.1) is 0 Å². The summed E-state index contributed by atoms with van der Waals surface area (Å²) in [6.07, 6.45) is 11.2. The van der Waals surface area contributed by atoms with Crippen molar-refractivity contribution in [1.82, 2.24) is 0 Å². The molecule has 0 N–H and O–H groups in total. The molecule has 0 bridgehead atoms. The summed E-state index contributed by atoms with van der Waals surface area (Å²) < 4.78 is 11.8. The molecule has 13 heavy (non-hydrogen) atoms. The van der Waals surface area contributed by atoms with Crippen molar-refractivity contribution in [3.8, 4) is 0 Å². The standard InChI is InChI=1S/C11H22OP/c1-2-3-7-10-13(12)11-8-5-4-6-9-11/h11H,2-10H2,1H3/q+1. The first-order chi connectivity index (χ1) is 6.34. The van der Waals surface area contributed by atoms with E-state index in [-0.39, 0.29) is 0 Å². The molecule has 0 amide bonds. The van der Waals surface area contributed by atoms with Crippen molar-refractivity contribution in [3.05, 3.63) is 0 Å². The zero-order chi connectivity index (χ0) is 9.52. The Kier molecular flexibility index (Phi) is 5.62. The van der Waals surface area contributed by atoms with Crippen LogP contribution in [0.25, 0.3) is 0 Å². The quantitative estimate of drug-likeness (QED) is 0.477. The van der Waals surface area contributed by atoms with E-state index < -0.39 is 7.80 Å². The molecule has 1 nitrogen and oxygen atoms in total. The molecule has 0 heterocycles. The van der Waals surface area contributed by atoms with E-state index >= 15 is 0 Å². The maximum absolute atomic E-state index is 11.8. The van der Waals surface area contributed by atoms with Crippen LogP contribution in [0.3, 0.4) is 0 Å². The van der Waals surface area contributed by atoms with Crippen molar-refractivity contribution in [2.45, 2.75) is 63.9 Å². The average molecular weight is 201 g/mol. The summed E-state index contributed by atoms with van der Waals surface area (Å²) in [6.45, 7) is 2.20. The average Bonchev–Trinajstić information content (AvgIpc) is 2.19. The molecule has 0 aliphatic heterocycles. The Hall–Kier alpha value is 0.100. The van der Waals surface area contributed by atoms with Gasteiger partial charge in [0.1, 0.15) is 6.16 Å². The molecule has 1 aliphatic carbocycles. The maximum Gasteiger partial charge on any atom is 0.341 e. The summed E-state index contributed by atoms with van der Waals surface area (Å²) in [5, 5.41) is 0. The minimum atomic E-state index is -0.860. The van der Waals surface area contributed by atoms with E-state index in [2.05, 4.69) is 6.92 Å². The zero-order valence-electron chi connectivity index (χ0n) is 8.80. The molecule has 76 valence electrons. The van der Waals surface area contributed by atoms with Crippen molar-refractivity contribution < 1.29 is 4.57 Å². The largest absolute Gasteiger partial charge is 0.341 e. The number of hydrogen-bond acceptors (Lipinski definition) is 1. The fourth-order valence-electron chi connectivity index (χ4n) is 2.07. The van der Waals surface area contributed by atoms with E-state index in [1.54, 1.807) is 0 Å². The van der Waals surface area contributed by atoms with E-state index in [0.717, 1.165) is 6.16 Å². The van der Waals surface area contributed by atoms with Crippen LogP contribution in [0.15, 0.2) is 0 Å². The van der Waals surface area contributed by atoms with Gasteiger partial charge in [-0.1, -0.05) is 24.3 Å². The lowest BCUT2D eigenvalue weighted by Gasteiger charge is -2.12. The van der Waals surface area contributed by atoms with E-state index in [1.165, 1.54) is 51.4 Å². The molecule has 1 saturated carbocycles. The van der Waals surface area contributed by atoms with Gasteiger partial charge in [-0.3, -0.25) is 0 Å². The van der Waals surface area contributed by atoms with Crippen molar-refractivity contribution >= 4 is 7.80 Å². The van der Waals surface area contributed by atoms with Gasteiger partial charge in [-0.05, 0) is 38.5 Å². The van der Waals surface area contributed by atoms with Crippen LogP contribution in [-0.4, -0.2) is 11.8 Å². The van der Waals surface area contributed by atoms with Crippen LogP contribution in [0.5, 0.6) is 0 Å². The van der Waals surface area contributed by atoms with Crippen LogP contribution >= 0.6 is 7.80 Å². The third-order valence-electron chi connectivity index (χ3n) is 2.96. The van der Waals surface area contributed by atoms with Gasteiger partial charge in [-0.25, -0.2) is 0 Å². The second-order valence-corrected chi connectivity index (χ2v) is 6.15. The molecule has 0 aromatic heterocycles. The van der Waals surface area contributed by atoms with Crippen molar-refractivity contribution in [1.29, 1.82) is 0 Å². The second-order valence-electron chi connectivity index (χ2n) is 4.14. The fourth-order valence-corrected chi connectivity index (χ4v) is 3.91. The lowest BCUT2D eigenvalue weighted by atomic mass is 10.0. The van der Waals surface area contributed by atoms with Crippen LogP contribution in [0, 0.1) is 0 Å². The van der Waals surface area contributed by atoms with Gasteiger partial charge in [0, 0.05) is 0 Å². The van der Waals surface area contributed by atoms with Crippen molar-refractivity contribution in [3.63, 3.8) is 0 Å². The summed E-state index contributed by atoms with van der Waals surface area (Å²) in [5.41, 5.74) is 0.584. The Labute approximate surface area is 83.1 Å². The lowest BCUT2D eigenvalue weighted by Crippen LogP contribution is -2.08. The Balaban J connectivity index is 2.13. The van der Waals surface area contributed by atoms with E-state index in [9.17, 15) is 4.57 Å². The molecule has 1 rings (SSSR count). The smallest absolute Gasteiger partial charge is 0.0745 e. The Morgan fingerprint density at radius 3 is 2.46 bits per heavy atom. The summed E-state index contributed by atoms with van der Waals surface area (Å²) in [6, 6.07) is 0. The molecule has 1 aliphatic rings. The van der Waals surface area contributed by atoms with E-state index in [4.69, 9.17) is 0 Å². The van der Waals surface area contributed by atoms with Crippen LogP contribution in [0.4, 0.5) is 0 Å². The minimum Gasteiger partial charge on any atom is -0.0745 e. The van der Waals surface area contributed by atoms with E-state index in [0.29, 0.717) is 5.66 Å². The normalized spacial score (nSPS) is 20.2. The van der Waals surface area contributed by atoms with Crippen molar-refractivity contribution in [2.75, 3.05) is 6.16 Å². The zero-order valence-corrected chi connectivity index (χ0v) is 9.69. The highest BCUT2D eigenvalue weighted by molar-refractivity contribution is 7.45. The predicted octanol–water partition coefficient (Wildman–Crippen LogP) is 4.34.